The topological polar surface area (TPSA) is 39.9 Å². The molecule has 4 heteroatoms. The van der Waals surface area contributed by atoms with E-state index in [0.717, 1.165) is 35.7 Å². The maximum Gasteiger partial charge on any atom is 0.147 e. The molecule has 0 N–H and O–H groups in total. The maximum atomic E-state index is 5.80. The number of aryl methyl sites for hydroxylation is 1. The van der Waals surface area contributed by atoms with Crippen LogP contribution in [0.25, 0.3) is 11.8 Å². The molecule has 0 saturated heterocycles. The summed E-state index contributed by atoms with van der Waals surface area (Å²) in [5, 5.41) is 9.29. The van der Waals surface area contributed by atoms with Crippen molar-refractivity contribution >= 4 is 6.08 Å². The Hall–Kier alpha value is -2.36. The van der Waals surface area contributed by atoms with Crippen LogP contribution in [0.1, 0.15) is 44.1 Å². The Bertz CT molecular complexity index is 750. The first kappa shape index (κ1) is 15.5. The number of hydrogen-bond acceptors (Lipinski definition) is 3. The van der Waals surface area contributed by atoms with Crippen molar-refractivity contribution < 1.29 is 4.74 Å². The summed E-state index contributed by atoms with van der Waals surface area (Å²) in [6.45, 7) is 10.8. The third kappa shape index (κ3) is 3.21. The lowest BCUT2D eigenvalue weighted by Crippen LogP contribution is -2.13. The van der Waals surface area contributed by atoms with E-state index in [4.69, 9.17) is 4.74 Å². The summed E-state index contributed by atoms with van der Waals surface area (Å²) < 4.78 is 5.80. The first-order valence-electron chi connectivity index (χ1n) is 8.00. The van der Waals surface area contributed by atoms with Gasteiger partial charge in [0.25, 0.3) is 0 Å². The first-order chi connectivity index (χ1) is 11.0. The minimum atomic E-state index is 0.0540. The van der Waals surface area contributed by atoms with Gasteiger partial charge in [-0.1, -0.05) is 45.6 Å². The predicted molar refractivity (Wildman–Crippen MR) is 93.1 cm³/mol. The molecule has 0 bridgehead atoms. The molecule has 1 aromatic carbocycles. The minimum Gasteiger partial charge on any atom is -0.487 e. The number of benzene rings is 1. The molecule has 0 fully saturated rings. The van der Waals surface area contributed by atoms with Crippen LogP contribution in [0.5, 0.6) is 5.75 Å². The van der Waals surface area contributed by atoms with Crippen LogP contribution in [0.15, 0.2) is 36.9 Å². The maximum absolute atomic E-state index is 5.80. The number of aromatic nitrogens is 3. The van der Waals surface area contributed by atoms with Crippen molar-refractivity contribution in [1.29, 1.82) is 0 Å². The Morgan fingerprint density at radius 1 is 1.30 bits per heavy atom. The average molecular weight is 309 g/mol. The predicted octanol–water partition coefficient (Wildman–Crippen LogP) is 4.09. The molecule has 3 rings (SSSR count). The molecule has 0 unspecified atom stereocenters. The van der Waals surface area contributed by atoms with Gasteiger partial charge in [0.15, 0.2) is 0 Å². The molecule has 0 amide bonds. The summed E-state index contributed by atoms with van der Waals surface area (Å²) in [6, 6.07) is 6.22. The fourth-order valence-electron chi connectivity index (χ4n) is 2.59. The van der Waals surface area contributed by atoms with Gasteiger partial charge in [0.2, 0.25) is 0 Å². The molecule has 1 aliphatic carbocycles. The molecule has 0 atom stereocenters. The van der Waals surface area contributed by atoms with Gasteiger partial charge < -0.3 is 4.74 Å². The Morgan fingerprint density at radius 2 is 2.13 bits per heavy atom. The largest absolute Gasteiger partial charge is 0.487 e. The molecule has 0 saturated carbocycles. The molecule has 120 valence electrons. The number of fused-ring (bicyclic) bond motifs is 1. The standard InChI is InChI=1S/C19H23N3O/c1-5-12-23-18-11-10-14(19(2,3)4)13-17(18)22-20-15-8-6-7-9-16(15)21-22/h5-6,8,10-11,13H,1,7,9,12H2,2-4H3. The van der Waals surface area contributed by atoms with Gasteiger partial charge >= 0.3 is 0 Å². The zero-order valence-electron chi connectivity index (χ0n) is 14.0. The number of ether oxygens (including phenoxy) is 1. The van der Waals surface area contributed by atoms with Crippen LogP contribution in [-0.4, -0.2) is 21.6 Å². The first-order valence-corrected chi connectivity index (χ1v) is 8.00. The fraction of sp³-hybridized carbons (Fsp3) is 0.368. The second-order valence-electron chi connectivity index (χ2n) is 6.79. The minimum absolute atomic E-state index is 0.0540. The highest BCUT2D eigenvalue weighted by molar-refractivity contribution is 5.53. The Morgan fingerprint density at radius 3 is 2.83 bits per heavy atom. The number of hydrogen-bond donors (Lipinski definition) is 0. The van der Waals surface area contributed by atoms with Crippen molar-refractivity contribution in [1.82, 2.24) is 15.0 Å². The molecular formula is C19H23N3O. The van der Waals surface area contributed by atoms with Crippen LogP contribution < -0.4 is 4.74 Å². The molecule has 0 spiro atoms. The fourth-order valence-corrected chi connectivity index (χ4v) is 2.59. The molecule has 0 aliphatic heterocycles. The van der Waals surface area contributed by atoms with Crippen LogP contribution in [0.3, 0.4) is 0 Å². The van der Waals surface area contributed by atoms with E-state index in [-0.39, 0.29) is 5.41 Å². The second kappa shape index (κ2) is 6.03. The molecular weight excluding hydrogens is 286 g/mol. The third-order valence-corrected chi connectivity index (χ3v) is 3.93. The lowest BCUT2D eigenvalue weighted by molar-refractivity contribution is 0.359. The molecule has 1 aromatic heterocycles. The van der Waals surface area contributed by atoms with E-state index in [1.54, 1.807) is 10.9 Å². The monoisotopic (exact) mass is 309 g/mol. The number of allylic oxidation sites excluding steroid dienone is 1. The lowest BCUT2D eigenvalue weighted by atomic mass is 9.87. The Labute approximate surface area is 137 Å². The zero-order chi connectivity index (χ0) is 16.4. The molecule has 1 aliphatic rings. The van der Waals surface area contributed by atoms with Crippen molar-refractivity contribution in [2.24, 2.45) is 0 Å². The van der Waals surface area contributed by atoms with Gasteiger partial charge in [-0.3, -0.25) is 0 Å². The zero-order valence-corrected chi connectivity index (χ0v) is 14.0. The van der Waals surface area contributed by atoms with Crippen molar-refractivity contribution in [3.63, 3.8) is 0 Å². The van der Waals surface area contributed by atoms with Crippen molar-refractivity contribution in [3.05, 3.63) is 53.9 Å². The average Bonchev–Trinajstić information content (AvgIpc) is 2.95. The second-order valence-corrected chi connectivity index (χ2v) is 6.79. The Kier molecular flexibility index (Phi) is 4.07. The van der Waals surface area contributed by atoms with Crippen molar-refractivity contribution in [3.8, 4) is 11.4 Å². The number of rotatable bonds is 4. The van der Waals surface area contributed by atoms with E-state index in [0.29, 0.717) is 6.61 Å². The van der Waals surface area contributed by atoms with E-state index >= 15 is 0 Å². The molecule has 1 heterocycles. The van der Waals surface area contributed by atoms with Gasteiger partial charge in [-0.15, -0.1) is 9.90 Å². The van der Waals surface area contributed by atoms with E-state index in [9.17, 15) is 0 Å². The summed E-state index contributed by atoms with van der Waals surface area (Å²) in [5.41, 5.74) is 4.15. The lowest BCUT2D eigenvalue weighted by Gasteiger charge is -2.21. The summed E-state index contributed by atoms with van der Waals surface area (Å²) in [4.78, 5) is 1.70. The van der Waals surface area contributed by atoms with Gasteiger partial charge in [-0.2, -0.15) is 5.10 Å². The Balaban J connectivity index is 2.08. The summed E-state index contributed by atoms with van der Waals surface area (Å²) >= 11 is 0. The third-order valence-electron chi connectivity index (χ3n) is 3.93. The molecule has 2 aromatic rings. The van der Waals surface area contributed by atoms with Gasteiger partial charge in [-0.05, 0) is 42.0 Å². The van der Waals surface area contributed by atoms with Gasteiger partial charge in [0, 0.05) is 0 Å². The van der Waals surface area contributed by atoms with E-state index < -0.39 is 0 Å². The highest BCUT2D eigenvalue weighted by Crippen LogP contribution is 2.30. The highest BCUT2D eigenvalue weighted by Gasteiger charge is 2.19. The SMILES string of the molecule is C=CCOc1ccc(C(C)(C)C)cc1-n1nc2c(n1)CCC=C2. The number of nitrogens with zero attached hydrogens (tertiary/aromatic N) is 3. The van der Waals surface area contributed by atoms with Crippen LogP contribution in [-0.2, 0) is 11.8 Å². The normalized spacial score (nSPS) is 13.7. The van der Waals surface area contributed by atoms with E-state index in [2.05, 4.69) is 55.8 Å². The molecule has 23 heavy (non-hydrogen) atoms. The van der Waals surface area contributed by atoms with Crippen LogP contribution in [0.2, 0.25) is 0 Å². The summed E-state index contributed by atoms with van der Waals surface area (Å²) in [6.07, 6.45) is 7.88. The van der Waals surface area contributed by atoms with Crippen LogP contribution in [0, 0.1) is 0 Å². The molecule has 0 radical (unpaired) electrons. The quantitative estimate of drug-likeness (QED) is 0.799. The smallest absolute Gasteiger partial charge is 0.147 e. The summed E-state index contributed by atoms with van der Waals surface area (Å²) in [5.74, 6) is 0.772. The van der Waals surface area contributed by atoms with E-state index in [1.165, 1.54) is 5.56 Å². The van der Waals surface area contributed by atoms with Gasteiger partial charge in [-0.25, -0.2) is 0 Å². The van der Waals surface area contributed by atoms with Gasteiger partial charge in [0.1, 0.15) is 23.7 Å². The molecule has 4 nitrogen and oxygen atoms in total. The van der Waals surface area contributed by atoms with Crippen LogP contribution >= 0.6 is 0 Å². The van der Waals surface area contributed by atoms with Crippen molar-refractivity contribution in [2.45, 2.75) is 39.0 Å². The summed E-state index contributed by atoms with van der Waals surface area (Å²) in [7, 11) is 0. The highest BCUT2D eigenvalue weighted by atomic mass is 16.5. The van der Waals surface area contributed by atoms with Gasteiger partial charge in [0.05, 0.1) is 5.69 Å². The van der Waals surface area contributed by atoms with Crippen molar-refractivity contribution in [2.75, 3.05) is 6.61 Å². The van der Waals surface area contributed by atoms with Crippen LogP contribution in [0.4, 0.5) is 0 Å². The van der Waals surface area contributed by atoms with E-state index in [1.807, 2.05) is 12.1 Å².